The zero-order valence-corrected chi connectivity index (χ0v) is 6.82. The highest BCUT2D eigenvalue weighted by atomic mass is 15.0. The molecule has 1 fully saturated rings. The summed E-state index contributed by atoms with van der Waals surface area (Å²) in [5.41, 5.74) is 0. The van der Waals surface area contributed by atoms with Crippen molar-refractivity contribution in [1.29, 1.82) is 0 Å². The van der Waals surface area contributed by atoms with Crippen LogP contribution in [-0.4, -0.2) is 25.7 Å². The Morgan fingerprint density at radius 1 is 1.40 bits per heavy atom. The van der Waals surface area contributed by atoms with E-state index in [0.717, 1.165) is 19.1 Å². The van der Waals surface area contributed by atoms with Gasteiger partial charge >= 0.3 is 0 Å². The van der Waals surface area contributed by atoms with Crippen molar-refractivity contribution in [3.8, 4) is 0 Å². The highest BCUT2D eigenvalue weighted by Crippen LogP contribution is 2.00. The second kappa shape index (κ2) is 4.69. The maximum Gasteiger partial charge on any atom is 0.0193 e. The lowest BCUT2D eigenvalue weighted by Gasteiger charge is -2.24. The molecule has 60 valence electrons. The smallest absolute Gasteiger partial charge is 0.0193 e. The fourth-order valence-corrected chi connectivity index (χ4v) is 1.37. The highest BCUT2D eigenvalue weighted by Gasteiger charge is 2.09. The Kier molecular flexibility index (Phi) is 3.76. The summed E-state index contributed by atoms with van der Waals surface area (Å²) >= 11 is 0. The lowest BCUT2D eigenvalue weighted by Crippen LogP contribution is -2.48. The van der Waals surface area contributed by atoms with Crippen molar-refractivity contribution in [2.45, 2.75) is 32.2 Å². The minimum atomic E-state index is 0.744. The monoisotopic (exact) mass is 142 g/mol. The largest absolute Gasteiger partial charge is 0.314 e. The van der Waals surface area contributed by atoms with E-state index in [-0.39, 0.29) is 0 Å². The summed E-state index contributed by atoms with van der Waals surface area (Å²) in [7, 11) is 0. The van der Waals surface area contributed by atoms with Gasteiger partial charge in [-0.25, -0.2) is 0 Å². The molecule has 0 radical (unpaired) electrons. The summed E-state index contributed by atoms with van der Waals surface area (Å²) in [6.45, 7) is 5.70. The third-order valence-corrected chi connectivity index (χ3v) is 2.03. The van der Waals surface area contributed by atoms with E-state index in [4.69, 9.17) is 0 Å². The molecule has 1 aliphatic rings. The molecule has 0 aromatic heterocycles. The van der Waals surface area contributed by atoms with Crippen LogP contribution in [0.5, 0.6) is 0 Å². The first kappa shape index (κ1) is 8.02. The van der Waals surface area contributed by atoms with Crippen molar-refractivity contribution < 1.29 is 0 Å². The zero-order valence-electron chi connectivity index (χ0n) is 6.82. The van der Waals surface area contributed by atoms with Crippen LogP contribution in [0.2, 0.25) is 0 Å². The van der Waals surface area contributed by atoms with Gasteiger partial charge in [0, 0.05) is 25.7 Å². The zero-order chi connectivity index (χ0) is 7.23. The number of piperazine rings is 1. The van der Waals surface area contributed by atoms with Gasteiger partial charge in [0.1, 0.15) is 0 Å². The van der Waals surface area contributed by atoms with Crippen LogP contribution in [0.25, 0.3) is 0 Å². The van der Waals surface area contributed by atoms with Crippen LogP contribution >= 0.6 is 0 Å². The van der Waals surface area contributed by atoms with Gasteiger partial charge in [-0.1, -0.05) is 19.8 Å². The van der Waals surface area contributed by atoms with Gasteiger partial charge in [-0.2, -0.15) is 0 Å². The molecule has 0 aromatic carbocycles. The van der Waals surface area contributed by atoms with Gasteiger partial charge in [0.15, 0.2) is 0 Å². The molecule has 2 heteroatoms. The molecule has 10 heavy (non-hydrogen) atoms. The normalized spacial score (nSPS) is 26.7. The van der Waals surface area contributed by atoms with Gasteiger partial charge in [0.25, 0.3) is 0 Å². The van der Waals surface area contributed by atoms with Crippen LogP contribution in [0, 0.1) is 0 Å². The summed E-state index contributed by atoms with van der Waals surface area (Å²) in [5, 5.41) is 6.87. The number of hydrogen-bond donors (Lipinski definition) is 2. The Labute approximate surface area is 63.4 Å². The first-order valence-electron chi connectivity index (χ1n) is 4.37. The van der Waals surface area contributed by atoms with Gasteiger partial charge in [0.2, 0.25) is 0 Å². The van der Waals surface area contributed by atoms with Crippen LogP contribution in [0.3, 0.4) is 0 Å². The van der Waals surface area contributed by atoms with Crippen molar-refractivity contribution in [3.63, 3.8) is 0 Å². The molecule has 2 N–H and O–H groups in total. The van der Waals surface area contributed by atoms with E-state index in [1.54, 1.807) is 0 Å². The van der Waals surface area contributed by atoms with Crippen molar-refractivity contribution in [3.05, 3.63) is 0 Å². The van der Waals surface area contributed by atoms with Gasteiger partial charge < -0.3 is 10.6 Å². The topological polar surface area (TPSA) is 24.1 Å². The summed E-state index contributed by atoms with van der Waals surface area (Å²) in [6, 6.07) is 0.744. The van der Waals surface area contributed by atoms with Crippen molar-refractivity contribution in [2.75, 3.05) is 19.6 Å². The fourth-order valence-electron chi connectivity index (χ4n) is 1.37. The maximum absolute atomic E-state index is 3.49. The molecule has 1 heterocycles. The fraction of sp³-hybridized carbons (Fsp3) is 1.00. The number of nitrogens with one attached hydrogen (secondary N) is 2. The summed E-state index contributed by atoms with van der Waals surface area (Å²) in [6.07, 6.45) is 4.01. The van der Waals surface area contributed by atoms with E-state index in [2.05, 4.69) is 17.6 Å². The SMILES string of the molecule is CCCC[C@@H]1CNCCN1. The molecular formula is C8H18N2. The van der Waals surface area contributed by atoms with E-state index in [1.807, 2.05) is 0 Å². The minimum absolute atomic E-state index is 0.744. The predicted molar refractivity (Wildman–Crippen MR) is 44.2 cm³/mol. The molecule has 0 spiro atoms. The molecule has 1 aliphatic heterocycles. The molecule has 1 atom stereocenters. The van der Waals surface area contributed by atoms with Gasteiger partial charge in [-0.15, -0.1) is 0 Å². The average Bonchev–Trinajstić information content (AvgIpc) is 2.03. The third-order valence-electron chi connectivity index (χ3n) is 2.03. The van der Waals surface area contributed by atoms with Crippen molar-refractivity contribution >= 4 is 0 Å². The third kappa shape index (κ3) is 2.67. The van der Waals surface area contributed by atoms with Crippen LogP contribution < -0.4 is 10.6 Å². The van der Waals surface area contributed by atoms with E-state index in [9.17, 15) is 0 Å². The van der Waals surface area contributed by atoms with Crippen LogP contribution in [0.1, 0.15) is 26.2 Å². The Morgan fingerprint density at radius 2 is 2.30 bits per heavy atom. The molecule has 0 bridgehead atoms. The Morgan fingerprint density at radius 3 is 2.90 bits per heavy atom. The minimum Gasteiger partial charge on any atom is -0.314 e. The number of unbranched alkanes of at least 4 members (excludes halogenated alkanes) is 1. The lowest BCUT2D eigenvalue weighted by molar-refractivity contribution is 0.391. The van der Waals surface area contributed by atoms with Crippen LogP contribution in [-0.2, 0) is 0 Å². The summed E-state index contributed by atoms with van der Waals surface area (Å²) in [5.74, 6) is 0. The van der Waals surface area contributed by atoms with E-state index < -0.39 is 0 Å². The first-order chi connectivity index (χ1) is 4.93. The molecule has 0 saturated carbocycles. The Bertz CT molecular complexity index is 77.3. The average molecular weight is 142 g/mol. The molecule has 2 nitrogen and oxygen atoms in total. The van der Waals surface area contributed by atoms with Crippen molar-refractivity contribution in [1.82, 2.24) is 10.6 Å². The van der Waals surface area contributed by atoms with Gasteiger partial charge in [-0.05, 0) is 6.42 Å². The van der Waals surface area contributed by atoms with E-state index >= 15 is 0 Å². The van der Waals surface area contributed by atoms with Crippen LogP contribution in [0.15, 0.2) is 0 Å². The number of hydrogen-bond acceptors (Lipinski definition) is 2. The quantitative estimate of drug-likeness (QED) is 0.607. The highest BCUT2D eigenvalue weighted by molar-refractivity contribution is 4.74. The molecule has 0 unspecified atom stereocenters. The van der Waals surface area contributed by atoms with Gasteiger partial charge in [0.05, 0.1) is 0 Å². The van der Waals surface area contributed by atoms with Gasteiger partial charge in [-0.3, -0.25) is 0 Å². The molecule has 0 aromatic rings. The van der Waals surface area contributed by atoms with Crippen LogP contribution in [0.4, 0.5) is 0 Å². The standard InChI is InChI=1S/C8H18N2/c1-2-3-4-8-7-9-5-6-10-8/h8-10H,2-7H2,1H3/t8-/m1/s1. The van der Waals surface area contributed by atoms with E-state index in [1.165, 1.54) is 25.8 Å². The first-order valence-corrected chi connectivity index (χ1v) is 4.37. The second-order valence-corrected chi connectivity index (χ2v) is 3.00. The molecule has 0 amide bonds. The molecule has 1 rings (SSSR count). The van der Waals surface area contributed by atoms with Crippen molar-refractivity contribution in [2.24, 2.45) is 0 Å². The van der Waals surface area contributed by atoms with E-state index in [0.29, 0.717) is 0 Å². The predicted octanol–water partition coefficient (Wildman–Crippen LogP) is 0.738. The molecule has 0 aliphatic carbocycles. The number of rotatable bonds is 3. The summed E-state index contributed by atoms with van der Waals surface area (Å²) < 4.78 is 0. The second-order valence-electron chi connectivity index (χ2n) is 3.00. The molecular weight excluding hydrogens is 124 g/mol. The summed E-state index contributed by atoms with van der Waals surface area (Å²) in [4.78, 5) is 0. The molecule has 1 saturated heterocycles. The lowest BCUT2D eigenvalue weighted by atomic mass is 10.1. The Hall–Kier alpha value is -0.0800. The maximum atomic E-state index is 3.49. The Balaban J connectivity index is 2.02.